The monoisotopic (exact) mass is 417 g/mol. The standard InChI is InChI=1S/C19H23N5O6/c1-5-7-23-12-9-21-18(20)22-16(12)24(19(23)27)17-15(29-11(4)26)8-14(30-17)13(6-2)28-10(3)25/h1,9,13-15,17H,6-8H2,2-4H3,(H2,20,21,22)/t13?,14-,15+,17+/m0/s1. The lowest BCUT2D eigenvalue weighted by molar-refractivity contribution is -0.158. The van der Waals surface area contributed by atoms with Crippen LogP contribution in [-0.4, -0.2) is 49.4 Å². The highest BCUT2D eigenvalue weighted by Gasteiger charge is 2.44. The predicted molar refractivity (Wildman–Crippen MR) is 105 cm³/mol. The van der Waals surface area contributed by atoms with E-state index < -0.39 is 42.2 Å². The Balaban J connectivity index is 2.10. The number of aromatic nitrogens is 4. The zero-order valence-corrected chi connectivity index (χ0v) is 16.9. The normalized spacial score (nSPS) is 21.9. The minimum atomic E-state index is -1.01. The number of esters is 2. The molecule has 0 saturated carbocycles. The lowest BCUT2D eigenvalue weighted by Crippen LogP contribution is -2.34. The first kappa shape index (κ1) is 21.3. The van der Waals surface area contributed by atoms with Crippen LogP contribution in [0.1, 0.15) is 39.8 Å². The lowest BCUT2D eigenvalue weighted by Gasteiger charge is -2.22. The molecule has 0 bridgehead atoms. The molecule has 11 heteroatoms. The van der Waals surface area contributed by atoms with E-state index in [1.807, 2.05) is 6.92 Å². The molecule has 30 heavy (non-hydrogen) atoms. The van der Waals surface area contributed by atoms with Crippen molar-refractivity contribution in [3.8, 4) is 12.3 Å². The highest BCUT2D eigenvalue weighted by atomic mass is 16.6. The number of anilines is 1. The highest BCUT2D eigenvalue weighted by Crippen LogP contribution is 2.35. The third-order valence-corrected chi connectivity index (χ3v) is 4.78. The van der Waals surface area contributed by atoms with Crippen LogP contribution in [0.3, 0.4) is 0 Å². The smallest absolute Gasteiger partial charge is 0.333 e. The molecule has 0 amide bonds. The maximum atomic E-state index is 13.1. The van der Waals surface area contributed by atoms with Crippen LogP contribution in [0, 0.1) is 12.3 Å². The molecule has 3 heterocycles. The van der Waals surface area contributed by atoms with E-state index in [9.17, 15) is 14.4 Å². The Labute approximate surface area is 172 Å². The molecule has 1 aliphatic rings. The van der Waals surface area contributed by atoms with Gasteiger partial charge in [0.1, 0.15) is 23.8 Å². The summed E-state index contributed by atoms with van der Waals surface area (Å²) in [5.74, 6) is 1.38. The van der Waals surface area contributed by atoms with E-state index in [0.717, 1.165) is 0 Å². The topological polar surface area (TPSA) is 141 Å². The fourth-order valence-corrected chi connectivity index (χ4v) is 3.63. The van der Waals surface area contributed by atoms with Crippen molar-refractivity contribution in [2.75, 3.05) is 5.73 Å². The van der Waals surface area contributed by atoms with E-state index in [-0.39, 0.29) is 24.6 Å². The van der Waals surface area contributed by atoms with Gasteiger partial charge in [-0.05, 0) is 6.42 Å². The molecule has 2 aromatic heterocycles. The number of nitrogen functional groups attached to an aromatic ring is 1. The molecular weight excluding hydrogens is 394 g/mol. The minimum Gasteiger partial charge on any atom is -0.460 e. The highest BCUT2D eigenvalue weighted by molar-refractivity contribution is 5.72. The summed E-state index contributed by atoms with van der Waals surface area (Å²) in [6, 6.07) is 0. The van der Waals surface area contributed by atoms with Gasteiger partial charge in [-0.15, -0.1) is 6.42 Å². The van der Waals surface area contributed by atoms with Gasteiger partial charge < -0.3 is 19.9 Å². The van der Waals surface area contributed by atoms with Crippen LogP contribution in [0.25, 0.3) is 11.2 Å². The Morgan fingerprint density at radius 1 is 1.43 bits per heavy atom. The molecule has 1 saturated heterocycles. The van der Waals surface area contributed by atoms with Crippen LogP contribution in [0.15, 0.2) is 11.0 Å². The first-order chi connectivity index (χ1) is 14.3. The summed E-state index contributed by atoms with van der Waals surface area (Å²) in [5, 5.41) is 0. The van der Waals surface area contributed by atoms with Crippen LogP contribution in [0.2, 0.25) is 0 Å². The van der Waals surface area contributed by atoms with Crippen molar-refractivity contribution in [2.45, 2.75) is 64.7 Å². The van der Waals surface area contributed by atoms with Crippen molar-refractivity contribution in [3.63, 3.8) is 0 Å². The van der Waals surface area contributed by atoms with Gasteiger partial charge >= 0.3 is 17.6 Å². The SMILES string of the molecule is C#CCn1c(=O)n([C@@H]2O[C@H](C(CC)OC(C)=O)C[C@H]2OC(C)=O)c2nc(N)ncc21. The van der Waals surface area contributed by atoms with Gasteiger partial charge in [0, 0.05) is 20.3 Å². The van der Waals surface area contributed by atoms with E-state index in [2.05, 4.69) is 15.9 Å². The second-order valence-electron chi connectivity index (χ2n) is 6.88. The Morgan fingerprint density at radius 2 is 2.17 bits per heavy atom. The lowest BCUT2D eigenvalue weighted by atomic mass is 10.1. The zero-order chi connectivity index (χ0) is 22.0. The number of terminal acetylenes is 1. The average Bonchev–Trinajstić information content (AvgIpc) is 3.18. The molecule has 0 aliphatic carbocycles. The summed E-state index contributed by atoms with van der Waals surface area (Å²) in [7, 11) is 0. The van der Waals surface area contributed by atoms with Gasteiger partial charge in [0.25, 0.3) is 0 Å². The van der Waals surface area contributed by atoms with Crippen molar-refractivity contribution in [2.24, 2.45) is 0 Å². The first-order valence-electron chi connectivity index (χ1n) is 9.43. The Bertz CT molecular complexity index is 1070. The van der Waals surface area contributed by atoms with Crippen molar-refractivity contribution in [1.29, 1.82) is 0 Å². The summed E-state index contributed by atoms with van der Waals surface area (Å²) in [6.45, 7) is 4.38. The number of rotatable bonds is 6. The second-order valence-corrected chi connectivity index (χ2v) is 6.88. The van der Waals surface area contributed by atoms with Crippen molar-refractivity contribution < 1.29 is 23.8 Å². The molecule has 1 aliphatic heterocycles. The summed E-state index contributed by atoms with van der Waals surface area (Å²) >= 11 is 0. The quantitative estimate of drug-likeness (QED) is 0.521. The number of carbonyl (C=O) groups excluding carboxylic acids is 2. The molecule has 2 N–H and O–H groups in total. The van der Waals surface area contributed by atoms with Crippen molar-refractivity contribution >= 4 is 29.1 Å². The van der Waals surface area contributed by atoms with E-state index in [1.54, 1.807) is 0 Å². The summed E-state index contributed by atoms with van der Waals surface area (Å²) in [6.07, 6.45) is 4.52. The third kappa shape index (κ3) is 3.99. The van der Waals surface area contributed by atoms with Gasteiger partial charge in [0.05, 0.1) is 12.7 Å². The van der Waals surface area contributed by atoms with E-state index in [0.29, 0.717) is 11.9 Å². The van der Waals surface area contributed by atoms with E-state index in [4.69, 9.17) is 26.4 Å². The molecule has 0 radical (unpaired) electrons. The van der Waals surface area contributed by atoms with Crippen LogP contribution < -0.4 is 11.4 Å². The molecular formula is C19H23N5O6. The molecule has 11 nitrogen and oxygen atoms in total. The van der Waals surface area contributed by atoms with Gasteiger partial charge in [-0.2, -0.15) is 4.98 Å². The van der Waals surface area contributed by atoms with Crippen molar-refractivity contribution in [1.82, 2.24) is 19.1 Å². The molecule has 4 atom stereocenters. The summed E-state index contributed by atoms with van der Waals surface area (Å²) in [4.78, 5) is 44.4. The van der Waals surface area contributed by atoms with Gasteiger partial charge in [-0.3, -0.25) is 14.2 Å². The van der Waals surface area contributed by atoms with Gasteiger partial charge in [0.2, 0.25) is 5.95 Å². The molecule has 2 aromatic rings. The van der Waals surface area contributed by atoms with E-state index >= 15 is 0 Å². The third-order valence-electron chi connectivity index (χ3n) is 4.78. The summed E-state index contributed by atoms with van der Waals surface area (Å²) in [5.41, 5.74) is 5.78. The number of hydrogen-bond acceptors (Lipinski definition) is 9. The molecule has 0 aromatic carbocycles. The average molecular weight is 417 g/mol. The fourth-order valence-electron chi connectivity index (χ4n) is 3.63. The zero-order valence-electron chi connectivity index (χ0n) is 16.9. The largest absolute Gasteiger partial charge is 0.460 e. The van der Waals surface area contributed by atoms with Gasteiger partial charge in [-0.25, -0.2) is 14.3 Å². The predicted octanol–water partition coefficient (Wildman–Crippen LogP) is 0.369. The number of imidazole rings is 1. The van der Waals surface area contributed by atoms with Crippen LogP contribution in [0.5, 0.6) is 0 Å². The first-order valence-corrected chi connectivity index (χ1v) is 9.43. The van der Waals surface area contributed by atoms with Gasteiger partial charge in [-0.1, -0.05) is 12.8 Å². The fraction of sp³-hybridized carbons (Fsp3) is 0.526. The minimum absolute atomic E-state index is 0.0188. The molecule has 1 fully saturated rings. The molecule has 1 unspecified atom stereocenters. The number of carbonyl (C=O) groups is 2. The Kier molecular flexibility index (Phi) is 6.07. The number of nitrogens with two attached hydrogens (primary N) is 1. The maximum Gasteiger partial charge on any atom is 0.333 e. The number of ether oxygens (including phenoxy) is 3. The molecule has 0 spiro atoms. The summed E-state index contributed by atoms with van der Waals surface area (Å²) < 4.78 is 19.4. The van der Waals surface area contributed by atoms with E-state index in [1.165, 1.54) is 29.2 Å². The van der Waals surface area contributed by atoms with Gasteiger partial charge in [0.15, 0.2) is 11.9 Å². The number of nitrogens with zero attached hydrogens (tertiary/aromatic N) is 4. The van der Waals surface area contributed by atoms with Crippen LogP contribution in [0.4, 0.5) is 5.95 Å². The number of hydrogen-bond donors (Lipinski definition) is 1. The van der Waals surface area contributed by atoms with Crippen molar-refractivity contribution in [3.05, 3.63) is 16.7 Å². The number of fused-ring (bicyclic) bond motifs is 1. The molecule has 3 rings (SSSR count). The van der Waals surface area contributed by atoms with Crippen LogP contribution >= 0.6 is 0 Å². The maximum absolute atomic E-state index is 13.1. The Hall–Kier alpha value is -3.39. The Morgan fingerprint density at radius 3 is 2.77 bits per heavy atom. The molecule has 160 valence electrons. The van der Waals surface area contributed by atoms with Crippen LogP contribution in [-0.2, 0) is 30.3 Å². The second kappa shape index (κ2) is 8.54.